The highest BCUT2D eigenvalue weighted by Crippen LogP contribution is 2.38. The number of hydrogen-bond donors (Lipinski definition) is 1. The molecule has 2 aliphatic rings. The van der Waals surface area contributed by atoms with Crippen LogP contribution in [0, 0.1) is 0 Å². The van der Waals surface area contributed by atoms with Crippen molar-refractivity contribution in [3.05, 3.63) is 69.6 Å². The smallest absolute Gasteiger partial charge is 0.175 e. The Morgan fingerprint density at radius 1 is 1.10 bits per heavy atom. The van der Waals surface area contributed by atoms with Crippen LogP contribution in [0.4, 0.5) is 11.6 Å². The monoisotopic (exact) mass is 541 g/mol. The highest BCUT2D eigenvalue weighted by atomic mass is 32.1. The van der Waals surface area contributed by atoms with Crippen molar-refractivity contribution in [3.63, 3.8) is 0 Å². The standard InChI is InChI=1S/C30H35N7OS/c1-30(2,3)29-31-16-26(39-29)25(38)13-20-7-5-6-19-12-21(8-9-23(19)20)24-15-27(33-18-32-24)34-28-14-22-17-36(4)10-11-37(22)35-28/h8-9,12,14-16,18,20H,5-7,10-11,13,17H2,1-4H3,(H,32,33,34,35). The van der Waals surface area contributed by atoms with Crippen LogP contribution >= 0.6 is 11.3 Å². The minimum absolute atomic E-state index is 0.0392. The van der Waals surface area contributed by atoms with E-state index in [1.807, 2.05) is 6.07 Å². The summed E-state index contributed by atoms with van der Waals surface area (Å²) in [4.78, 5) is 29.7. The summed E-state index contributed by atoms with van der Waals surface area (Å²) in [5.74, 6) is 1.97. The molecule has 39 heavy (non-hydrogen) atoms. The minimum Gasteiger partial charge on any atom is -0.323 e. The molecule has 0 amide bonds. The van der Waals surface area contributed by atoms with E-state index in [-0.39, 0.29) is 17.1 Å². The minimum atomic E-state index is -0.0392. The average Bonchev–Trinajstić information content (AvgIpc) is 3.56. The van der Waals surface area contributed by atoms with E-state index in [9.17, 15) is 4.79 Å². The average molecular weight is 542 g/mol. The summed E-state index contributed by atoms with van der Waals surface area (Å²) < 4.78 is 2.06. The second-order valence-electron chi connectivity index (χ2n) is 11.8. The molecule has 1 aromatic carbocycles. The van der Waals surface area contributed by atoms with Crippen LogP contribution in [0.5, 0.6) is 0 Å². The molecule has 202 valence electrons. The third-order valence-corrected chi connectivity index (χ3v) is 9.11. The lowest BCUT2D eigenvalue weighted by Crippen LogP contribution is -2.30. The van der Waals surface area contributed by atoms with Gasteiger partial charge in [-0.15, -0.1) is 11.3 Å². The van der Waals surface area contributed by atoms with Crippen LogP contribution in [0.1, 0.15) is 77.5 Å². The summed E-state index contributed by atoms with van der Waals surface area (Å²) in [6.45, 7) is 9.20. The lowest BCUT2D eigenvalue weighted by Gasteiger charge is -2.25. The molecule has 1 aliphatic carbocycles. The summed E-state index contributed by atoms with van der Waals surface area (Å²) >= 11 is 1.54. The van der Waals surface area contributed by atoms with Gasteiger partial charge in [-0.05, 0) is 49.4 Å². The molecule has 1 aliphatic heterocycles. The van der Waals surface area contributed by atoms with Crippen molar-refractivity contribution >= 4 is 28.8 Å². The molecular weight excluding hydrogens is 506 g/mol. The quantitative estimate of drug-likeness (QED) is 0.301. The Kier molecular flexibility index (Phi) is 6.81. The van der Waals surface area contributed by atoms with Crippen molar-refractivity contribution in [2.45, 2.75) is 70.9 Å². The van der Waals surface area contributed by atoms with Crippen LogP contribution in [-0.2, 0) is 24.9 Å². The highest BCUT2D eigenvalue weighted by molar-refractivity contribution is 7.13. The molecule has 1 unspecified atom stereocenters. The number of rotatable bonds is 6. The molecule has 1 N–H and O–H groups in total. The van der Waals surface area contributed by atoms with E-state index >= 15 is 0 Å². The van der Waals surface area contributed by atoms with Crippen LogP contribution in [0.15, 0.2) is 42.9 Å². The molecule has 1 atom stereocenters. The van der Waals surface area contributed by atoms with Gasteiger partial charge in [0, 0.05) is 48.8 Å². The van der Waals surface area contributed by atoms with E-state index in [1.54, 1.807) is 12.5 Å². The summed E-state index contributed by atoms with van der Waals surface area (Å²) in [7, 11) is 2.13. The fourth-order valence-electron chi connectivity index (χ4n) is 5.53. The zero-order valence-corrected chi connectivity index (χ0v) is 23.9. The molecule has 0 saturated carbocycles. The highest BCUT2D eigenvalue weighted by Gasteiger charge is 2.26. The van der Waals surface area contributed by atoms with Crippen LogP contribution in [-0.4, -0.2) is 49.0 Å². The van der Waals surface area contributed by atoms with Crippen LogP contribution in [0.3, 0.4) is 0 Å². The van der Waals surface area contributed by atoms with Crippen molar-refractivity contribution in [2.24, 2.45) is 0 Å². The van der Waals surface area contributed by atoms with Gasteiger partial charge in [0.2, 0.25) is 0 Å². The number of aryl methyl sites for hydroxylation is 1. The van der Waals surface area contributed by atoms with Gasteiger partial charge in [0.15, 0.2) is 11.6 Å². The molecular formula is C30H35N7OS. The molecule has 4 heterocycles. The Bertz CT molecular complexity index is 1520. The third-order valence-electron chi connectivity index (χ3n) is 7.64. The molecule has 8 nitrogen and oxygen atoms in total. The van der Waals surface area contributed by atoms with Gasteiger partial charge in [0.25, 0.3) is 0 Å². The molecule has 0 saturated heterocycles. The number of carbonyl (C=O) groups excluding carboxylic acids is 1. The predicted molar refractivity (Wildman–Crippen MR) is 155 cm³/mol. The number of thiazole rings is 1. The largest absolute Gasteiger partial charge is 0.323 e. The Balaban J connectivity index is 1.18. The van der Waals surface area contributed by atoms with E-state index in [4.69, 9.17) is 5.10 Å². The van der Waals surface area contributed by atoms with E-state index in [0.29, 0.717) is 6.42 Å². The van der Waals surface area contributed by atoms with Crippen LogP contribution in [0.2, 0.25) is 0 Å². The maximum Gasteiger partial charge on any atom is 0.175 e. The molecule has 0 fully saturated rings. The zero-order valence-electron chi connectivity index (χ0n) is 23.1. The number of nitrogens with one attached hydrogen (secondary N) is 1. The number of aromatic nitrogens is 5. The van der Waals surface area contributed by atoms with Crippen molar-refractivity contribution < 1.29 is 4.79 Å². The van der Waals surface area contributed by atoms with Gasteiger partial charge in [-0.1, -0.05) is 32.9 Å². The molecule has 6 rings (SSSR count). The Labute approximate surface area is 233 Å². The molecule has 9 heteroatoms. The Morgan fingerprint density at radius 3 is 2.79 bits per heavy atom. The first-order chi connectivity index (χ1) is 18.7. The first-order valence-electron chi connectivity index (χ1n) is 13.7. The molecule has 4 aromatic rings. The second-order valence-corrected chi connectivity index (χ2v) is 12.8. The number of hydrogen-bond acceptors (Lipinski definition) is 8. The van der Waals surface area contributed by atoms with Crippen molar-refractivity contribution in [2.75, 3.05) is 18.9 Å². The summed E-state index contributed by atoms with van der Waals surface area (Å²) in [6.07, 6.45) is 7.04. The van der Waals surface area contributed by atoms with Gasteiger partial charge in [-0.2, -0.15) is 5.10 Å². The molecule has 0 bridgehead atoms. The fraction of sp³-hybridized carbons (Fsp3) is 0.433. The van der Waals surface area contributed by atoms with Gasteiger partial charge in [0.05, 0.1) is 27.8 Å². The first kappa shape index (κ1) is 25.8. The topological polar surface area (TPSA) is 88.8 Å². The molecule has 3 aromatic heterocycles. The van der Waals surface area contributed by atoms with Crippen LogP contribution < -0.4 is 5.32 Å². The van der Waals surface area contributed by atoms with Crippen LogP contribution in [0.25, 0.3) is 11.3 Å². The van der Waals surface area contributed by atoms with Crippen molar-refractivity contribution in [1.29, 1.82) is 0 Å². The number of ketones is 1. The number of nitrogens with zero attached hydrogens (tertiary/aromatic N) is 6. The second kappa shape index (κ2) is 10.3. The summed E-state index contributed by atoms with van der Waals surface area (Å²) in [5, 5.41) is 9.07. The summed E-state index contributed by atoms with van der Waals surface area (Å²) in [5.41, 5.74) is 5.71. The summed E-state index contributed by atoms with van der Waals surface area (Å²) in [6, 6.07) is 10.6. The Morgan fingerprint density at radius 2 is 1.97 bits per heavy atom. The van der Waals surface area contributed by atoms with Gasteiger partial charge >= 0.3 is 0 Å². The first-order valence-corrected chi connectivity index (χ1v) is 14.5. The number of Topliss-reactive ketones (excluding diaryl/α,β-unsaturated/α-hetero) is 1. The van der Waals surface area contributed by atoms with Gasteiger partial charge < -0.3 is 5.32 Å². The van der Waals surface area contributed by atoms with E-state index in [0.717, 1.165) is 71.7 Å². The third kappa shape index (κ3) is 5.51. The Hall–Kier alpha value is -3.43. The van der Waals surface area contributed by atoms with Gasteiger partial charge in [-0.25, -0.2) is 15.0 Å². The lowest BCUT2D eigenvalue weighted by molar-refractivity contribution is 0.0974. The normalized spacial score (nSPS) is 17.5. The maximum atomic E-state index is 13.2. The van der Waals surface area contributed by atoms with Gasteiger partial charge in [-0.3, -0.25) is 14.4 Å². The van der Waals surface area contributed by atoms with E-state index in [2.05, 4.69) is 81.9 Å². The number of fused-ring (bicyclic) bond motifs is 2. The predicted octanol–water partition coefficient (Wildman–Crippen LogP) is 5.98. The van der Waals surface area contributed by atoms with E-state index in [1.165, 1.54) is 28.2 Å². The molecule has 0 radical (unpaired) electrons. The maximum absolute atomic E-state index is 13.2. The zero-order chi connectivity index (χ0) is 27.1. The van der Waals surface area contributed by atoms with Crippen molar-refractivity contribution in [1.82, 2.24) is 29.6 Å². The number of benzene rings is 1. The van der Waals surface area contributed by atoms with E-state index < -0.39 is 0 Å². The van der Waals surface area contributed by atoms with Crippen molar-refractivity contribution in [3.8, 4) is 11.3 Å². The number of likely N-dealkylation sites (N-methyl/N-ethyl adjacent to an activating group) is 1. The number of carbonyl (C=O) groups is 1. The lowest BCUT2D eigenvalue weighted by atomic mass is 9.79. The number of anilines is 2. The SMILES string of the molecule is CN1CCn2nc(Nc3cc(-c4ccc5c(c4)CCCC5CC(=O)c4cnc(C(C)(C)C)s4)ncn3)cc2C1. The fourth-order valence-corrected chi connectivity index (χ4v) is 6.46. The molecule has 0 spiro atoms. The van der Waals surface area contributed by atoms with Gasteiger partial charge in [0.1, 0.15) is 12.1 Å².